The highest BCUT2D eigenvalue weighted by atomic mass is 32.1. The fourth-order valence-corrected chi connectivity index (χ4v) is 2.16. The normalized spacial score (nSPS) is 21.3. The zero-order valence-corrected chi connectivity index (χ0v) is 10.9. The van der Waals surface area contributed by atoms with Gasteiger partial charge in [-0.25, -0.2) is 0 Å². The SMILES string of the molecule is CCCCCC1=C(O)C(=S)C(OC)C(C)=N1. The number of ether oxygens (including phenoxy) is 1. The maximum Gasteiger partial charge on any atom is 0.154 e. The van der Waals surface area contributed by atoms with Gasteiger partial charge in [-0.15, -0.1) is 0 Å². The first-order chi connectivity index (χ1) is 7.61. The second-order valence-electron chi connectivity index (χ2n) is 3.99. The molecule has 0 fully saturated rings. The van der Waals surface area contributed by atoms with Crippen molar-refractivity contribution in [1.29, 1.82) is 0 Å². The monoisotopic (exact) mass is 241 g/mol. The molecule has 1 atom stereocenters. The van der Waals surface area contributed by atoms with Gasteiger partial charge in [-0.3, -0.25) is 4.99 Å². The lowest BCUT2D eigenvalue weighted by Gasteiger charge is -2.22. The fourth-order valence-electron chi connectivity index (χ4n) is 1.77. The van der Waals surface area contributed by atoms with Crippen molar-refractivity contribution < 1.29 is 9.84 Å². The maximum atomic E-state index is 9.91. The molecular weight excluding hydrogens is 222 g/mol. The molecule has 1 heterocycles. The molecule has 0 spiro atoms. The summed E-state index contributed by atoms with van der Waals surface area (Å²) in [6.07, 6.45) is 3.78. The van der Waals surface area contributed by atoms with E-state index in [0.29, 0.717) is 10.6 Å². The first-order valence-electron chi connectivity index (χ1n) is 5.66. The molecule has 0 bridgehead atoms. The molecule has 16 heavy (non-hydrogen) atoms. The van der Waals surface area contributed by atoms with E-state index in [1.165, 1.54) is 0 Å². The molecule has 0 radical (unpaired) electrons. The minimum Gasteiger partial charge on any atom is -0.505 e. The molecular formula is C12H19NO2S. The van der Waals surface area contributed by atoms with Crippen molar-refractivity contribution in [3.05, 3.63) is 11.5 Å². The van der Waals surface area contributed by atoms with Crippen LogP contribution in [0.1, 0.15) is 39.5 Å². The maximum absolute atomic E-state index is 9.91. The third kappa shape index (κ3) is 2.89. The minimum absolute atomic E-state index is 0.142. The number of aliphatic hydroxyl groups is 1. The number of thiocarbonyl (C=S) groups is 1. The van der Waals surface area contributed by atoms with Gasteiger partial charge in [-0.05, 0) is 19.8 Å². The highest BCUT2D eigenvalue weighted by Gasteiger charge is 2.27. The summed E-state index contributed by atoms with van der Waals surface area (Å²) in [4.78, 5) is 4.83. The van der Waals surface area contributed by atoms with E-state index in [-0.39, 0.29) is 11.9 Å². The summed E-state index contributed by atoms with van der Waals surface area (Å²) in [6, 6.07) is 0. The van der Waals surface area contributed by atoms with Gasteiger partial charge in [-0.2, -0.15) is 0 Å². The molecule has 90 valence electrons. The molecule has 0 saturated carbocycles. The molecule has 1 aliphatic heterocycles. The summed E-state index contributed by atoms with van der Waals surface area (Å²) in [7, 11) is 1.57. The van der Waals surface area contributed by atoms with E-state index in [1.54, 1.807) is 7.11 Å². The predicted molar refractivity (Wildman–Crippen MR) is 70.3 cm³/mol. The number of rotatable bonds is 5. The standard InChI is InChI=1S/C12H19NO2S/c1-4-5-6-7-9-10(14)12(16)11(15-3)8(2)13-9/h11,14H,4-7H2,1-3H3. The Bertz CT molecular complexity index is 332. The van der Waals surface area contributed by atoms with Crippen molar-refractivity contribution in [1.82, 2.24) is 0 Å². The van der Waals surface area contributed by atoms with Crippen LogP contribution in [-0.4, -0.2) is 28.9 Å². The topological polar surface area (TPSA) is 41.8 Å². The molecule has 0 aromatic heterocycles. The average Bonchev–Trinajstić information content (AvgIpc) is 2.26. The molecule has 3 nitrogen and oxygen atoms in total. The molecule has 4 heteroatoms. The number of unbranched alkanes of at least 4 members (excludes halogenated alkanes) is 2. The van der Waals surface area contributed by atoms with Crippen molar-refractivity contribution in [2.45, 2.75) is 45.6 Å². The van der Waals surface area contributed by atoms with Crippen molar-refractivity contribution in [3.63, 3.8) is 0 Å². The number of hydrogen-bond acceptors (Lipinski definition) is 4. The molecule has 0 aromatic carbocycles. The Balaban J connectivity index is 2.77. The first kappa shape index (κ1) is 13.3. The Kier molecular flexibility index (Phi) is 5.09. The van der Waals surface area contributed by atoms with Gasteiger partial charge < -0.3 is 9.84 Å². The van der Waals surface area contributed by atoms with Crippen LogP contribution in [-0.2, 0) is 4.74 Å². The Morgan fingerprint density at radius 2 is 2.12 bits per heavy atom. The van der Waals surface area contributed by atoms with Gasteiger partial charge in [0, 0.05) is 12.8 Å². The molecule has 0 aromatic rings. The first-order valence-corrected chi connectivity index (χ1v) is 6.07. The second-order valence-corrected chi connectivity index (χ2v) is 4.43. The van der Waals surface area contributed by atoms with Crippen LogP contribution in [0.5, 0.6) is 0 Å². The number of methoxy groups -OCH3 is 1. The van der Waals surface area contributed by atoms with E-state index in [1.807, 2.05) is 6.92 Å². The quantitative estimate of drug-likeness (QED) is 0.593. The number of aliphatic hydroxyl groups excluding tert-OH is 1. The van der Waals surface area contributed by atoms with E-state index in [9.17, 15) is 5.11 Å². The van der Waals surface area contributed by atoms with Gasteiger partial charge in [0.05, 0.1) is 10.6 Å². The number of allylic oxidation sites excluding steroid dienone is 1. The molecule has 1 rings (SSSR count). The van der Waals surface area contributed by atoms with Crippen molar-refractivity contribution in [2.75, 3.05) is 7.11 Å². The molecule has 1 unspecified atom stereocenters. The zero-order chi connectivity index (χ0) is 12.1. The smallest absolute Gasteiger partial charge is 0.154 e. The summed E-state index contributed by atoms with van der Waals surface area (Å²) in [6.45, 7) is 4.03. The largest absolute Gasteiger partial charge is 0.505 e. The highest BCUT2D eigenvalue weighted by molar-refractivity contribution is 7.81. The van der Waals surface area contributed by atoms with Crippen LogP contribution >= 0.6 is 12.2 Å². The van der Waals surface area contributed by atoms with Crippen LogP contribution in [0.2, 0.25) is 0 Å². The highest BCUT2D eigenvalue weighted by Crippen LogP contribution is 2.22. The van der Waals surface area contributed by atoms with Crippen molar-refractivity contribution in [3.8, 4) is 0 Å². The average molecular weight is 241 g/mol. The molecule has 0 amide bonds. The van der Waals surface area contributed by atoms with Crippen LogP contribution in [0.4, 0.5) is 0 Å². The fraction of sp³-hybridized carbons (Fsp3) is 0.667. The van der Waals surface area contributed by atoms with E-state index < -0.39 is 0 Å². The van der Waals surface area contributed by atoms with E-state index in [2.05, 4.69) is 11.9 Å². The van der Waals surface area contributed by atoms with Gasteiger partial charge >= 0.3 is 0 Å². The summed E-state index contributed by atoms with van der Waals surface area (Å²) < 4.78 is 5.19. The summed E-state index contributed by atoms with van der Waals surface area (Å²) >= 11 is 5.17. The Morgan fingerprint density at radius 3 is 2.69 bits per heavy atom. The van der Waals surface area contributed by atoms with Crippen LogP contribution in [0, 0.1) is 0 Å². The summed E-state index contributed by atoms with van der Waals surface area (Å²) in [5.74, 6) is 0.142. The molecule has 1 aliphatic rings. The lowest BCUT2D eigenvalue weighted by molar-refractivity contribution is 0.202. The van der Waals surface area contributed by atoms with Crippen molar-refractivity contribution >= 4 is 22.8 Å². The van der Waals surface area contributed by atoms with Gasteiger partial charge in [0.2, 0.25) is 0 Å². The van der Waals surface area contributed by atoms with E-state index in [4.69, 9.17) is 17.0 Å². The second kappa shape index (κ2) is 6.11. The molecule has 1 N–H and O–H groups in total. The number of nitrogens with zero attached hydrogens (tertiary/aromatic N) is 1. The van der Waals surface area contributed by atoms with Crippen LogP contribution < -0.4 is 0 Å². The molecule has 0 saturated heterocycles. The summed E-state index contributed by atoms with van der Waals surface area (Å²) in [5, 5.41) is 9.91. The van der Waals surface area contributed by atoms with E-state index >= 15 is 0 Å². The third-order valence-electron chi connectivity index (χ3n) is 2.69. The lowest BCUT2D eigenvalue weighted by atomic mass is 10.0. The van der Waals surface area contributed by atoms with Gasteiger partial charge in [0.25, 0.3) is 0 Å². The van der Waals surface area contributed by atoms with Crippen LogP contribution in [0.25, 0.3) is 0 Å². The van der Waals surface area contributed by atoms with Gasteiger partial charge in [0.15, 0.2) is 5.76 Å². The molecule has 0 aliphatic carbocycles. The van der Waals surface area contributed by atoms with E-state index in [0.717, 1.165) is 31.4 Å². The Labute approximate surface area is 102 Å². The minimum atomic E-state index is -0.343. The van der Waals surface area contributed by atoms with Gasteiger partial charge in [0.1, 0.15) is 6.10 Å². The Morgan fingerprint density at radius 1 is 1.44 bits per heavy atom. The van der Waals surface area contributed by atoms with Crippen LogP contribution in [0.3, 0.4) is 0 Å². The summed E-state index contributed by atoms with van der Waals surface area (Å²) in [5.41, 5.74) is 1.54. The number of hydrogen-bond donors (Lipinski definition) is 1. The lowest BCUT2D eigenvalue weighted by Crippen LogP contribution is -2.33. The number of aliphatic imine (C=N–C) groups is 1. The van der Waals surface area contributed by atoms with Crippen LogP contribution in [0.15, 0.2) is 16.4 Å². The third-order valence-corrected chi connectivity index (χ3v) is 3.10. The van der Waals surface area contributed by atoms with Gasteiger partial charge in [-0.1, -0.05) is 32.0 Å². The zero-order valence-electron chi connectivity index (χ0n) is 10.1. The van der Waals surface area contributed by atoms with Crippen molar-refractivity contribution in [2.24, 2.45) is 4.99 Å². The predicted octanol–water partition coefficient (Wildman–Crippen LogP) is 3.20. The Hall–Kier alpha value is -0.740.